The number of benzene rings is 1. The molecule has 7 nitrogen and oxygen atoms in total. The lowest BCUT2D eigenvalue weighted by Gasteiger charge is -2.09. The maximum absolute atomic E-state index is 12.8. The van der Waals surface area contributed by atoms with E-state index in [4.69, 9.17) is 0 Å². The smallest absolute Gasteiger partial charge is 0.274 e. The Morgan fingerprint density at radius 2 is 1.87 bits per heavy atom. The van der Waals surface area contributed by atoms with Crippen LogP contribution in [0.5, 0.6) is 0 Å². The third-order valence-electron chi connectivity index (χ3n) is 4.70. The molecule has 0 saturated carbocycles. The van der Waals surface area contributed by atoms with E-state index >= 15 is 0 Å². The molecule has 0 atom stereocenters. The monoisotopic (exact) mass is 425 g/mol. The van der Waals surface area contributed by atoms with E-state index in [0.717, 1.165) is 11.3 Å². The molecule has 1 N–H and O–H groups in total. The fourth-order valence-electron chi connectivity index (χ4n) is 3.26. The average Bonchev–Trinajstić information content (AvgIpc) is 3.50. The van der Waals surface area contributed by atoms with Gasteiger partial charge in [0.1, 0.15) is 5.69 Å². The minimum absolute atomic E-state index is 0.106. The zero-order valence-corrected chi connectivity index (χ0v) is 16.9. The molecule has 0 bridgehead atoms. The van der Waals surface area contributed by atoms with E-state index in [1.54, 1.807) is 53.4 Å². The molecule has 8 heteroatoms. The summed E-state index contributed by atoms with van der Waals surface area (Å²) in [6.45, 7) is 0. The number of nitrogens with one attached hydrogen (secondary N) is 1. The highest BCUT2D eigenvalue weighted by atomic mass is 32.1. The molecule has 1 aromatic carbocycles. The summed E-state index contributed by atoms with van der Waals surface area (Å²) in [6.07, 6.45) is 4.77. The van der Waals surface area contributed by atoms with Gasteiger partial charge in [0.05, 0.1) is 22.3 Å². The van der Waals surface area contributed by atoms with Crippen LogP contribution < -0.4 is 5.32 Å². The minimum atomic E-state index is -0.291. The lowest BCUT2D eigenvalue weighted by atomic mass is 10.1. The molecule has 31 heavy (non-hydrogen) atoms. The zero-order chi connectivity index (χ0) is 21.2. The highest BCUT2D eigenvalue weighted by Crippen LogP contribution is 2.25. The summed E-state index contributed by atoms with van der Waals surface area (Å²) in [4.78, 5) is 34.3. The predicted octanol–water partition coefficient (Wildman–Crippen LogP) is 4.34. The third kappa shape index (κ3) is 3.60. The van der Waals surface area contributed by atoms with Gasteiger partial charge < -0.3 is 5.32 Å². The highest BCUT2D eigenvalue weighted by molar-refractivity contribution is 7.12. The van der Waals surface area contributed by atoms with Crippen LogP contribution in [0.4, 0.5) is 5.69 Å². The van der Waals surface area contributed by atoms with Gasteiger partial charge in [0.2, 0.25) is 5.78 Å². The number of fused-ring (bicyclic) bond motifs is 1. The van der Waals surface area contributed by atoms with Crippen LogP contribution in [-0.4, -0.2) is 31.3 Å². The normalized spacial score (nSPS) is 10.8. The quantitative estimate of drug-likeness (QED) is 0.423. The largest absolute Gasteiger partial charge is 0.321 e. The van der Waals surface area contributed by atoms with E-state index in [1.807, 2.05) is 35.7 Å². The first-order chi connectivity index (χ1) is 15.2. The summed E-state index contributed by atoms with van der Waals surface area (Å²) in [5.41, 5.74) is 3.47. The Morgan fingerprint density at radius 1 is 0.935 bits per heavy atom. The Labute approximate surface area is 181 Å². The Bertz CT molecular complexity index is 1390. The second-order valence-electron chi connectivity index (χ2n) is 6.68. The minimum Gasteiger partial charge on any atom is -0.321 e. The number of rotatable bonds is 5. The molecule has 0 unspecified atom stereocenters. The van der Waals surface area contributed by atoms with Gasteiger partial charge in [-0.05, 0) is 41.8 Å². The average molecular weight is 425 g/mol. The molecular formula is C23H15N5O2S. The predicted molar refractivity (Wildman–Crippen MR) is 118 cm³/mol. The van der Waals surface area contributed by atoms with Crippen molar-refractivity contribution in [2.75, 3.05) is 5.32 Å². The van der Waals surface area contributed by atoms with Gasteiger partial charge in [-0.25, -0.2) is 9.50 Å². The first kappa shape index (κ1) is 18.8. The van der Waals surface area contributed by atoms with E-state index in [9.17, 15) is 9.59 Å². The van der Waals surface area contributed by atoms with Crippen LogP contribution in [0.15, 0.2) is 84.6 Å². The van der Waals surface area contributed by atoms with Crippen molar-refractivity contribution in [3.63, 3.8) is 0 Å². The fraction of sp³-hybridized carbons (Fsp3) is 0. The first-order valence-electron chi connectivity index (χ1n) is 9.44. The molecule has 0 spiro atoms. The number of aromatic nitrogens is 4. The van der Waals surface area contributed by atoms with E-state index in [1.165, 1.54) is 11.3 Å². The third-order valence-corrected chi connectivity index (χ3v) is 5.57. The number of ketones is 1. The summed E-state index contributed by atoms with van der Waals surface area (Å²) in [7, 11) is 0. The molecule has 0 radical (unpaired) electrons. The van der Waals surface area contributed by atoms with E-state index in [-0.39, 0.29) is 11.7 Å². The van der Waals surface area contributed by atoms with Crippen LogP contribution >= 0.6 is 11.3 Å². The van der Waals surface area contributed by atoms with Gasteiger partial charge in [-0.2, -0.15) is 5.10 Å². The summed E-state index contributed by atoms with van der Waals surface area (Å²) in [5, 5.41) is 9.13. The highest BCUT2D eigenvalue weighted by Gasteiger charge is 2.18. The van der Waals surface area contributed by atoms with Crippen molar-refractivity contribution in [1.29, 1.82) is 0 Å². The molecule has 0 aliphatic rings. The molecule has 1 amide bonds. The molecule has 4 heterocycles. The van der Waals surface area contributed by atoms with Crippen LogP contribution in [0, 0.1) is 0 Å². The van der Waals surface area contributed by atoms with Crippen LogP contribution in [0.2, 0.25) is 0 Å². The number of amides is 1. The summed E-state index contributed by atoms with van der Waals surface area (Å²) in [5.74, 6) is -0.397. The summed E-state index contributed by atoms with van der Waals surface area (Å²) in [6, 6.07) is 18.0. The van der Waals surface area contributed by atoms with Crippen LogP contribution in [-0.2, 0) is 0 Å². The van der Waals surface area contributed by atoms with Crippen molar-refractivity contribution in [1.82, 2.24) is 19.6 Å². The number of thiophene rings is 1. The van der Waals surface area contributed by atoms with E-state index in [2.05, 4.69) is 20.4 Å². The molecule has 5 rings (SSSR count). The van der Waals surface area contributed by atoms with Crippen LogP contribution in [0.25, 0.3) is 16.9 Å². The van der Waals surface area contributed by atoms with Crippen molar-refractivity contribution < 1.29 is 9.59 Å². The summed E-state index contributed by atoms with van der Waals surface area (Å²) >= 11 is 1.38. The second-order valence-corrected chi connectivity index (χ2v) is 7.63. The van der Waals surface area contributed by atoms with Gasteiger partial charge in [0.25, 0.3) is 5.91 Å². The number of pyridine rings is 1. The SMILES string of the molecule is O=C(Nc1cccc(-c2ccnc3c(C(=O)c4cccs4)cnn23)c1)c1ccccn1. The van der Waals surface area contributed by atoms with Gasteiger partial charge in [-0.3, -0.25) is 14.6 Å². The van der Waals surface area contributed by atoms with E-state index in [0.29, 0.717) is 27.5 Å². The Kier molecular flexibility index (Phi) is 4.81. The van der Waals surface area contributed by atoms with Gasteiger partial charge in [0, 0.05) is 23.6 Å². The van der Waals surface area contributed by atoms with Gasteiger partial charge in [-0.15, -0.1) is 11.3 Å². The number of anilines is 1. The topological polar surface area (TPSA) is 89.2 Å². The molecule has 0 saturated heterocycles. The standard InChI is InChI=1S/C23H15N5O2S/c29-21(20-8-4-12-31-20)17-14-26-28-19(9-11-25-22(17)28)15-5-3-6-16(13-15)27-23(30)18-7-1-2-10-24-18/h1-14H,(H,27,30). The lowest BCUT2D eigenvalue weighted by molar-refractivity contribution is 0.101. The number of nitrogens with zero attached hydrogens (tertiary/aromatic N) is 4. The Hall–Kier alpha value is -4.17. The van der Waals surface area contributed by atoms with E-state index < -0.39 is 0 Å². The summed E-state index contributed by atoms with van der Waals surface area (Å²) < 4.78 is 1.64. The molecular weight excluding hydrogens is 410 g/mol. The fourth-order valence-corrected chi connectivity index (χ4v) is 3.94. The van der Waals surface area contributed by atoms with Gasteiger partial charge in [-0.1, -0.05) is 24.3 Å². The number of carbonyl (C=O) groups excluding carboxylic acids is 2. The van der Waals surface area contributed by atoms with Crippen LogP contribution in [0.3, 0.4) is 0 Å². The Morgan fingerprint density at radius 3 is 2.68 bits per heavy atom. The molecule has 0 aliphatic heterocycles. The molecule has 150 valence electrons. The van der Waals surface area contributed by atoms with Crippen molar-refractivity contribution in [2.24, 2.45) is 0 Å². The van der Waals surface area contributed by atoms with Crippen molar-refractivity contribution in [3.8, 4) is 11.3 Å². The second kappa shape index (κ2) is 7.92. The number of carbonyl (C=O) groups is 2. The zero-order valence-electron chi connectivity index (χ0n) is 16.1. The molecule has 5 aromatic rings. The van der Waals surface area contributed by atoms with Crippen LogP contribution in [0.1, 0.15) is 25.7 Å². The van der Waals surface area contributed by atoms with Gasteiger partial charge >= 0.3 is 0 Å². The maximum Gasteiger partial charge on any atom is 0.274 e. The lowest BCUT2D eigenvalue weighted by Crippen LogP contribution is -2.13. The number of hydrogen-bond donors (Lipinski definition) is 1. The number of hydrogen-bond acceptors (Lipinski definition) is 6. The van der Waals surface area contributed by atoms with Gasteiger partial charge in [0.15, 0.2) is 5.65 Å². The molecule has 0 fully saturated rings. The van der Waals surface area contributed by atoms with Crippen molar-refractivity contribution in [2.45, 2.75) is 0 Å². The van der Waals surface area contributed by atoms with Crippen molar-refractivity contribution in [3.05, 3.63) is 101 Å². The molecule has 0 aliphatic carbocycles. The van der Waals surface area contributed by atoms with Crippen molar-refractivity contribution >= 4 is 34.4 Å². The molecule has 4 aromatic heterocycles. The first-order valence-corrected chi connectivity index (χ1v) is 10.3. The maximum atomic E-state index is 12.8. The Balaban J connectivity index is 1.49.